The van der Waals surface area contributed by atoms with E-state index in [4.69, 9.17) is 0 Å². The lowest BCUT2D eigenvalue weighted by Gasteiger charge is -2.11. The molecule has 0 fully saturated rings. The number of rotatable bonds is 6. The predicted molar refractivity (Wildman–Crippen MR) is 114 cm³/mol. The molecule has 4 rings (SSSR count). The molecule has 6 nitrogen and oxygen atoms in total. The lowest BCUT2D eigenvalue weighted by Crippen LogP contribution is -2.36. The average molecular weight is 403 g/mol. The maximum atomic E-state index is 13.3. The van der Waals surface area contributed by atoms with Gasteiger partial charge in [-0.1, -0.05) is 29.8 Å². The summed E-state index contributed by atoms with van der Waals surface area (Å²) >= 11 is 0. The van der Waals surface area contributed by atoms with Crippen molar-refractivity contribution in [3.05, 3.63) is 83.8 Å². The fourth-order valence-electron chi connectivity index (χ4n) is 3.22. The molecule has 0 aliphatic heterocycles. The van der Waals surface area contributed by atoms with Crippen LogP contribution in [0, 0.1) is 12.7 Å². The van der Waals surface area contributed by atoms with Gasteiger partial charge in [-0.2, -0.15) is 0 Å². The van der Waals surface area contributed by atoms with Gasteiger partial charge >= 0.3 is 6.03 Å². The number of imidazole rings is 1. The number of nitrogens with one attached hydrogen (secondary N) is 2. The van der Waals surface area contributed by atoms with E-state index in [1.807, 2.05) is 47.9 Å². The van der Waals surface area contributed by atoms with Crippen molar-refractivity contribution in [2.45, 2.75) is 20.0 Å². The average Bonchev–Trinajstić information content (AvgIpc) is 3.12. The summed E-state index contributed by atoms with van der Waals surface area (Å²) in [6, 6.07) is 17.7. The van der Waals surface area contributed by atoms with Crippen molar-refractivity contribution in [2.75, 3.05) is 6.54 Å². The summed E-state index contributed by atoms with van der Waals surface area (Å²) in [5.41, 5.74) is 4.48. The zero-order valence-electron chi connectivity index (χ0n) is 16.6. The minimum atomic E-state index is -0.300. The van der Waals surface area contributed by atoms with Gasteiger partial charge in [0.05, 0.1) is 0 Å². The molecule has 0 saturated heterocycles. The minimum Gasteiger partial charge on any atom is -0.336 e. The number of carbonyl (C=O) groups excluding carboxylic acids is 1. The molecule has 2 N–H and O–H groups in total. The summed E-state index contributed by atoms with van der Waals surface area (Å²) in [7, 11) is 0. The van der Waals surface area contributed by atoms with Gasteiger partial charge in [0, 0.05) is 31.4 Å². The number of benzene rings is 2. The van der Waals surface area contributed by atoms with Gasteiger partial charge in [0.1, 0.15) is 17.2 Å². The maximum Gasteiger partial charge on any atom is 0.315 e. The normalized spacial score (nSPS) is 10.9. The molecule has 152 valence electrons. The van der Waals surface area contributed by atoms with Crippen molar-refractivity contribution in [1.82, 2.24) is 25.2 Å². The standard InChI is InChI=1S/C23H22FN5O/c1-16-4-6-17(7-5-16)15-27-23(30)26-13-14-29-21(18-8-10-19(24)11-9-18)28-20-3-2-12-25-22(20)29/h2-12H,13-15H2,1H3,(H2,26,27,30). The largest absolute Gasteiger partial charge is 0.336 e. The summed E-state index contributed by atoms with van der Waals surface area (Å²) in [6.45, 7) is 3.37. The summed E-state index contributed by atoms with van der Waals surface area (Å²) in [5, 5.41) is 5.72. The molecule has 2 amide bonds. The van der Waals surface area contributed by atoms with Crippen LogP contribution in [-0.4, -0.2) is 27.1 Å². The van der Waals surface area contributed by atoms with Gasteiger partial charge in [-0.3, -0.25) is 0 Å². The Morgan fingerprint density at radius 3 is 2.57 bits per heavy atom. The summed E-state index contributed by atoms with van der Waals surface area (Å²) in [4.78, 5) is 21.2. The molecule has 0 aliphatic rings. The molecule has 2 aromatic heterocycles. The highest BCUT2D eigenvalue weighted by molar-refractivity contribution is 5.77. The van der Waals surface area contributed by atoms with Crippen LogP contribution in [0.25, 0.3) is 22.6 Å². The lowest BCUT2D eigenvalue weighted by molar-refractivity contribution is 0.240. The van der Waals surface area contributed by atoms with Crippen LogP contribution < -0.4 is 10.6 Å². The predicted octanol–water partition coefficient (Wildman–Crippen LogP) is 4.05. The number of carbonyl (C=O) groups is 1. The first kappa shape index (κ1) is 19.6. The second-order valence-corrected chi connectivity index (χ2v) is 7.04. The fourth-order valence-corrected chi connectivity index (χ4v) is 3.22. The van der Waals surface area contributed by atoms with Gasteiger partial charge in [-0.15, -0.1) is 0 Å². The third kappa shape index (κ3) is 4.46. The Kier molecular flexibility index (Phi) is 5.70. The van der Waals surface area contributed by atoms with Gasteiger partial charge in [-0.25, -0.2) is 19.2 Å². The fraction of sp³-hybridized carbons (Fsp3) is 0.174. The van der Waals surface area contributed by atoms with Crippen LogP contribution in [0.1, 0.15) is 11.1 Å². The van der Waals surface area contributed by atoms with Crippen molar-refractivity contribution >= 4 is 17.2 Å². The Bertz CT molecular complexity index is 1150. The molecule has 0 aliphatic carbocycles. The number of pyridine rings is 1. The van der Waals surface area contributed by atoms with Gasteiger partial charge in [0.25, 0.3) is 0 Å². The second-order valence-electron chi connectivity index (χ2n) is 7.04. The maximum absolute atomic E-state index is 13.3. The van der Waals surface area contributed by atoms with E-state index in [0.717, 1.165) is 22.3 Å². The molecule has 7 heteroatoms. The molecule has 0 radical (unpaired) electrons. The SMILES string of the molecule is Cc1ccc(CNC(=O)NCCn2c(-c3ccc(F)cc3)nc3cccnc32)cc1. The van der Waals surface area contributed by atoms with Crippen LogP contribution >= 0.6 is 0 Å². The van der Waals surface area contributed by atoms with E-state index in [2.05, 4.69) is 20.6 Å². The molecule has 0 spiro atoms. The van der Waals surface area contributed by atoms with Crippen LogP contribution in [0.15, 0.2) is 66.9 Å². The van der Waals surface area contributed by atoms with Gasteiger partial charge in [-0.05, 0) is 48.9 Å². The Morgan fingerprint density at radius 1 is 1.03 bits per heavy atom. The number of amides is 2. The van der Waals surface area contributed by atoms with Crippen LogP contribution in [0.3, 0.4) is 0 Å². The topological polar surface area (TPSA) is 71.8 Å². The Labute approximate surface area is 173 Å². The zero-order chi connectivity index (χ0) is 20.9. The number of urea groups is 1. The highest BCUT2D eigenvalue weighted by atomic mass is 19.1. The van der Waals surface area contributed by atoms with E-state index < -0.39 is 0 Å². The first-order valence-corrected chi connectivity index (χ1v) is 9.74. The van der Waals surface area contributed by atoms with E-state index in [1.54, 1.807) is 18.3 Å². The van der Waals surface area contributed by atoms with Crippen molar-refractivity contribution in [3.8, 4) is 11.4 Å². The molecule has 0 bridgehead atoms. The second kappa shape index (κ2) is 8.73. The molecule has 0 saturated carbocycles. The number of hydrogen-bond acceptors (Lipinski definition) is 3. The quantitative estimate of drug-likeness (QED) is 0.510. The van der Waals surface area contributed by atoms with E-state index >= 15 is 0 Å². The van der Waals surface area contributed by atoms with Crippen molar-refractivity contribution in [3.63, 3.8) is 0 Å². The van der Waals surface area contributed by atoms with Crippen LogP contribution in [0.5, 0.6) is 0 Å². The number of fused-ring (bicyclic) bond motifs is 1. The molecule has 2 aromatic carbocycles. The summed E-state index contributed by atoms with van der Waals surface area (Å²) < 4.78 is 15.3. The van der Waals surface area contributed by atoms with Crippen molar-refractivity contribution < 1.29 is 9.18 Å². The molecule has 0 atom stereocenters. The van der Waals surface area contributed by atoms with E-state index in [1.165, 1.54) is 17.7 Å². The summed E-state index contributed by atoms with van der Waals surface area (Å²) in [6.07, 6.45) is 1.71. The highest BCUT2D eigenvalue weighted by Crippen LogP contribution is 2.23. The van der Waals surface area contributed by atoms with Gasteiger partial charge in [0.2, 0.25) is 0 Å². The number of aromatic nitrogens is 3. The van der Waals surface area contributed by atoms with Gasteiger partial charge in [0.15, 0.2) is 5.65 Å². The van der Waals surface area contributed by atoms with Crippen LogP contribution in [0.4, 0.5) is 9.18 Å². The first-order valence-electron chi connectivity index (χ1n) is 9.74. The number of aryl methyl sites for hydroxylation is 1. The molecular formula is C23H22FN5O. The first-order chi connectivity index (χ1) is 14.6. The number of nitrogens with zero attached hydrogens (tertiary/aromatic N) is 3. The van der Waals surface area contributed by atoms with Crippen molar-refractivity contribution in [2.24, 2.45) is 0 Å². The van der Waals surface area contributed by atoms with E-state index in [9.17, 15) is 9.18 Å². The Morgan fingerprint density at radius 2 is 1.80 bits per heavy atom. The number of halogens is 1. The monoisotopic (exact) mass is 403 g/mol. The minimum absolute atomic E-state index is 0.240. The third-order valence-electron chi connectivity index (χ3n) is 4.80. The molecule has 0 unspecified atom stereocenters. The molecule has 2 heterocycles. The third-order valence-corrected chi connectivity index (χ3v) is 4.80. The van der Waals surface area contributed by atoms with Gasteiger partial charge < -0.3 is 15.2 Å². The zero-order valence-corrected chi connectivity index (χ0v) is 16.6. The smallest absolute Gasteiger partial charge is 0.315 e. The molecule has 4 aromatic rings. The molecular weight excluding hydrogens is 381 g/mol. The van der Waals surface area contributed by atoms with E-state index in [0.29, 0.717) is 25.5 Å². The summed E-state index contributed by atoms with van der Waals surface area (Å²) in [5.74, 6) is 0.386. The van der Waals surface area contributed by atoms with Crippen LogP contribution in [0.2, 0.25) is 0 Å². The van der Waals surface area contributed by atoms with Crippen LogP contribution in [-0.2, 0) is 13.1 Å². The Hall–Kier alpha value is -3.74. The Balaban J connectivity index is 1.43. The highest BCUT2D eigenvalue weighted by Gasteiger charge is 2.13. The number of hydrogen-bond donors (Lipinski definition) is 2. The van der Waals surface area contributed by atoms with Crippen molar-refractivity contribution in [1.29, 1.82) is 0 Å². The molecule has 30 heavy (non-hydrogen) atoms. The lowest BCUT2D eigenvalue weighted by atomic mass is 10.1. The van der Waals surface area contributed by atoms with E-state index in [-0.39, 0.29) is 11.8 Å².